The first-order chi connectivity index (χ1) is 15.0. The van der Waals surface area contributed by atoms with Crippen molar-refractivity contribution in [2.75, 3.05) is 17.6 Å². The van der Waals surface area contributed by atoms with E-state index in [1.165, 1.54) is 41.3 Å². The van der Waals surface area contributed by atoms with E-state index in [9.17, 15) is 14.0 Å². The molecule has 12 heteroatoms. The lowest BCUT2D eigenvalue weighted by atomic mass is 10.2. The summed E-state index contributed by atoms with van der Waals surface area (Å²) < 4.78 is 15.4. The third kappa shape index (κ3) is 5.44. The van der Waals surface area contributed by atoms with Crippen LogP contribution in [0.4, 0.5) is 9.52 Å². The standard InChI is InChI=1S/C19H20FN7O2S2/c1-27-14(8-9-21-16(29)12-4-2-3-5-13(12)20)23-26-19(27)30-10-15(28)22-18-25-24-17(31-18)11-6-7-11/h2-5,11H,6-10H2,1H3,(H,21,29)(H,22,25,28). The van der Waals surface area contributed by atoms with Crippen molar-refractivity contribution in [1.82, 2.24) is 30.3 Å². The first-order valence-electron chi connectivity index (χ1n) is 9.68. The Bertz CT molecular complexity index is 1100. The van der Waals surface area contributed by atoms with E-state index in [0.717, 1.165) is 17.8 Å². The van der Waals surface area contributed by atoms with Gasteiger partial charge in [0.1, 0.15) is 16.6 Å². The van der Waals surface area contributed by atoms with E-state index in [2.05, 4.69) is 31.0 Å². The van der Waals surface area contributed by atoms with Crippen LogP contribution in [0.1, 0.15) is 39.9 Å². The number of hydrogen-bond acceptors (Lipinski definition) is 8. The quantitative estimate of drug-likeness (QED) is 0.470. The second kappa shape index (κ2) is 9.52. The van der Waals surface area contributed by atoms with Crippen LogP contribution in [0.5, 0.6) is 0 Å². The number of carbonyl (C=O) groups is 2. The summed E-state index contributed by atoms with van der Waals surface area (Å²) in [6.45, 7) is 0.282. The van der Waals surface area contributed by atoms with Gasteiger partial charge in [-0.25, -0.2) is 4.39 Å². The molecule has 162 valence electrons. The number of carbonyl (C=O) groups excluding carboxylic acids is 2. The van der Waals surface area contributed by atoms with Crippen molar-refractivity contribution < 1.29 is 14.0 Å². The van der Waals surface area contributed by atoms with E-state index in [-0.39, 0.29) is 23.8 Å². The topological polar surface area (TPSA) is 115 Å². The molecule has 0 radical (unpaired) electrons. The average molecular weight is 462 g/mol. The number of hydrogen-bond donors (Lipinski definition) is 2. The first kappa shape index (κ1) is 21.4. The minimum Gasteiger partial charge on any atom is -0.351 e. The highest BCUT2D eigenvalue weighted by molar-refractivity contribution is 7.99. The number of rotatable bonds is 9. The molecular weight excluding hydrogens is 441 g/mol. The normalized spacial score (nSPS) is 13.2. The minimum atomic E-state index is -0.562. The van der Waals surface area contributed by atoms with Crippen molar-refractivity contribution in [3.8, 4) is 0 Å². The third-order valence-electron chi connectivity index (χ3n) is 4.62. The van der Waals surface area contributed by atoms with Crippen LogP contribution in [0.3, 0.4) is 0 Å². The first-order valence-corrected chi connectivity index (χ1v) is 11.5. The van der Waals surface area contributed by atoms with Gasteiger partial charge in [0.15, 0.2) is 5.16 Å². The fraction of sp³-hybridized carbons (Fsp3) is 0.368. The number of benzene rings is 1. The largest absolute Gasteiger partial charge is 0.351 e. The second-order valence-corrected chi connectivity index (χ2v) is 8.95. The predicted octanol–water partition coefficient (Wildman–Crippen LogP) is 2.39. The molecule has 1 fully saturated rings. The molecule has 1 aromatic carbocycles. The lowest BCUT2D eigenvalue weighted by Crippen LogP contribution is -2.27. The van der Waals surface area contributed by atoms with E-state index in [1.807, 2.05) is 0 Å². The number of nitrogens with zero attached hydrogens (tertiary/aromatic N) is 5. The Morgan fingerprint density at radius 1 is 1.23 bits per heavy atom. The Labute approximate surface area is 185 Å². The highest BCUT2D eigenvalue weighted by Crippen LogP contribution is 2.42. The Hall–Kier alpha value is -2.86. The van der Waals surface area contributed by atoms with Gasteiger partial charge in [-0.1, -0.05) is 35.2 Å². The molecule has 2 aromatic heterocycles. The van der Waals surface area contributed by atoms with Crippen LogP contribution in [0.2, 0.25) is 0 Å². The number of nitrogens with one attached hydrogen (secondary N) is 2. The van der Waals surface area contributed by atoms with Crippen molar-refractivity contribution in [1.29, 1.82) is 0 Å². The Morgan fingerprint density at radius 3 is 2.81 bits per heavy atom. The molecule has 0 unspecified atom stereocenters. The fourth-order valence-corrected chi connectivity index (χ4v) is 4.44. The van der Waals surface area contributed by atoms with E-state index >= 15 is 0 Å². The Balaban J connectivity index is 1.23. The van der Waals surface area contributed by atoms with Crippen molar-refractivity contribution in [2.45, 2.75) is 30.3 Å². The van der Waals surface area contributed by atoms with Crippen LogP contribution < -0.4 is 10.6 Å². The zero-order chi connectivity index (χ0) is 21.8. The molecule has 1 saturated carbocycles. The molecule has 0 saturated heterocycles. The molecule has 2 amide bonds. The molecule has 1 aliphatic rings. The summed E-state index contributed by atoms with van der Waals surface area (Å²) in [4.78, 5) is 24.2. The van der Waals surface area contributed by atoms with Crippen molar-refractivity contribution in [3.05, 3.63) is 46.5 Å². The van der Waals surface area contributed by atoms with Gasteiger partial charge in [0.25, 0.3) is 5.91 Å². The van der Waals surface area contributed by atoms with Crippen LogP contribution in [-0.2, 0) is 18.3 Å². The molecule has 31 heavy (non-hydrogen) atoms. The molecule has 9 nitrogen and oxygen atoms in total. The average Bonchev–Trinajstić information content (AvgIpc) is 3.41. The summed E-state index contributed by atoms with van der Waals surface area (Å²) in [5.74, 6) is 0.0844. The van der Waals surface area contributed by atoms with Gasteiger partial charge in [0.05, 0.1) is 11.3 Å². The summed E-state index contributed by atoms with van der Waals surface area (Å²) in [5, 5.41) is 23.8. The lowest BCUT2D eigenvalue weighted by Gasteiger charge is -2.06. The molecule has 0 aliphatic heterocycles. The molecule has 3 aromatic rings. The van der Waals surface area contributed by atoms with Gasteiger partial charge in [-0.15, -0.1) is 20.4 Å². The molecule has 4 rings (SSSR count). The van der Waals surface area contributed by atoms with Crippen LogP contribution in [-0.4, -0.2) is 49.1 Å². The van der Waals surface area contributed by atoms with Crippen LogP contribution in [0.15, 0.2) is 29.4 Å². The van der Waals surface area contributed by atoms with Gasteiger partial charge in [-0.05, 0) is 25.0 Å². The number of anilines is 1. The van der Waals surface area contributed by atoms with Gasteiger partial charge in [0, 0.05) is 25.9 Å². The van der Waals surface area contributed by atoms with Crippen LogP contribution >= 0.6 is 23.1 Å². The predicted molar refractivity (Wildman–Crippen MR) is 115 cm³/mol. The fourth-order valence-electron chi connectivity index (χ4n) is 2.78. The maximum Gasteiger partial charge on any atom is 0.254 e. The summed E-state index contributed by atoms with van der Waals surface area (Å²) in [7, 11) is 1.79. The second-order valence-electron chi connectivity index (χ2n) is 7.00. The number of halogens is 1. The summed E-state index contributed by atoms with van der Waals surface area (Å²) in [6.07, 6.45) is 2.70. The number of thioether (sulfide) groups is 1. The van der Waals surface area contributed by atoms with Crippen molar-refractivity contribution in [2.24, 2.45) is 7.05 Å². The summed E-state index contributed by atoms with van der Waals surface area (Å²) in [6, 6.07) is 5.82. The van der Waals surface area contributed by atoms with Gasteiger partial charge in [-0.3, -0.25) is 14.9 Å². The van der Waals surface area contributed by atoms with Gasteiger partial charge < -0.3 is 9.88 Å². The molecule has 0 bridgehead atoms. The smallest absolute Gasteiger partial charge is 0.254 e. The van der Waals surface area contributed by atoms with E-state index < -0.39 is 11.7 Å². The van der Waals surface area contributed by atoms with Gasteiger partial charge >= 0.3 is 0 Å². The number of amides is 2. The highest BCUT2D eigenvalue weighted by Gasteiger charge is 2.27. The molecule has 2 heterocycles. The number of aromatic nitrogens is 5. The Morgan fingerprint density at radius 2 is 2.03 bits per heavy atom. The van der Waals surface area contributed by atoms with Gasteiger partial charge in [0.2, 0.25) is 11.0 Å². The molecule has 2 N–H and O–H groups in total. The van der Waals surface area contributed by atoms with E-state index in [1.54, 1.807) is 17.7 Å². The van der Waals surface area contributed by atoms with Crippen LogP contribution in [0.25, 0.3) is 0 Å². The van der Waals surface area contributed by atoms with E-state index in [0.29, 0.717) is 28.5 Å². The molecule has 1 aliphatic carbocycles. The molecule has 0 spiro atoms. The maximum atomic E-state index is 13.7. The molecular formula is C19H20FN7O2S2. The highest BCUT2D eigenvalue weighted by atomic mass is 32.2. The molecule has 0 atom stereocenters. The van der Waals surface area contributed by atoms with Gasteiger partial charge in [-0.2, -0.15) is 0 Å². The maximum absolute atomic E-state index is 13.7. The van der Waals surface area contributed by atoms with Crippen LogP contribution in [0, 0.1) is 5.82 Å². The van der Waals surface area contributed by atoms with E-state index in [4.69, 9.17) is 0 Å². The summed E-state index contributed by atoms with van der Waals surface area (Å²) in [5.41, 5.74) is 0.00223. The monoisotopic (exact) mass is 461 g/mol. The lowest BCUT2D eigenvalue weighted by molar-refractivity contribution is -0.113. The van der Waals surface area contributed by atoms with Crippen molar-refractivity contribution in [3.63, 3.8) is 0 Å². The zero-order valence-electron chi connectivity index (χ0n) is 16.7. The minimum absolute atomic E-state index is 0.00223. The zero-order valence-corrected chi connectivity index (χ0v) is 18.3. The SMILES string of the molecule is Cn1c(CCNC(=O)c2ccccc2F)nnc1SCC(=O)Nc1nnc(C2CC2)s1. The summed E-state index contributed by atoms with van der Waals surface area (Å²) >= 11 is 2.67. The third-order valence-corrected chi connectivity index (χ3v) is 6.65. The Kier molecular flexibility index (Phi) is 6.56. The van der Waals surface area contributed by atoms with Crippen molar-refractivity contribution >= 4 is 40.0 Å².